The molecule has 0 radical (unpaired) electrons. The highest BCUT2D eigenvalue weighted by Gasteiger charge is 2.17. The van der Waals surface area contributed by atoms with Crippen LogP contribution in [0.25, 0.3) is 27.9 Å². The zero-order valence-corrected chi connectivity index (χ0v) is 28.1. The fourth-order valence-electron chi connectivity index (χ4n) is 5.41. The molecule has 0 saturated carbocycles. The van der Waals surface area contributed by atoms with Crippen LogP contribution in [0.15, 0.2) is 126 Å². The zero-order valence-electron chi connectivity index (χ0n) is 25.8. The van der Waals surface area contributed by atoms with E-state index in [2.05, 4.69) is 39.6 Å². The molecule has 5 aromatic carbocycles. The number of carbonyl (C=O) groups excluding carboxylic acids is 3. The SMILES string of the molecule is CCn1c2ccccc2c2cc(NC(=O)CSc3cccc(NC(=O)/C(=C\c4cccc(Cl)c4Cl)NC(=O)c4ccccc4)c3)ccc21. The Balaban J connectivity index is 1.14. The van der Waals surface area contributed by atoms with Crippen molar-refractivity contribution in [3.05, 3.63) is 142 Å². The van der Waals surface area contributed by atoms with Gasteiger partial charge in [-0.15, -0.1) is 11.8 Å². The van der Waals surface area contributed by atoms with E-state index in [1.807, 2.05) is 36.4 Å². The molecule has 3 amide bonds. The van der Waals surface area contributed by atoms with Gasteiger partial charge >= 0.3 is 0 Å². The quantitative estimate of drug-likeness (QED) is 0.0986. The first-order chi connectivity index (χ1) is 23.3. The summed E-state index contributed by atoms with van der Waals surface area (Å²) >= 11 is 13.9. The number of benzene rings is 5. The van der Waals surface area contributed by atoms with E-state index >= 15 is 0 Å². The average molecular weight is 694 g/mol. The summed E-state index contributed by atoms with van der Waals surface area (Å²) in [5, 5.41) is 11.4. The minimum atomic E-state index is -0.560. The highest BCUT2D eigenvalue weighted by atomic mass is 35.5. The van der Waals surface area contributed by atoms with E-state index in [0.29, 0.717) is 21.8 Å². The van der Waals surface area contributed by atoms with E-state index in [4.69, 9.17) is 23.2 Å². The molecular formula is C38H30Cl2N4O3S. The van der Waals surface area contributed by atoms with Gasteiger partial charge in [-0.05, 0) is 79.2 Å². The van der Waals surface area contributed by atoms with E-state index in [-0.39, 0.29) is 22.4 Å². The Morgan fingerprint density at radius 2 is 1.48 bits per heavy atom. The van der Waals surface area contributed by atoms with E-state index in [1.54, 1.807) is 66.7 Å². The fourth-order valence-corrected chi connectivity index (χ4v) is 6.53. The lowest BCUT2D eigenvalue weighted by atomic mass is 10.1. The smallest absolute Gasteiger partial charge is 0.272 e. The number of rotatable bonds is 10. The molecule has 0 unspecified atom stereocenters. The number of para-hydroxylation sites is 1. The lowest BCUT2D eigenvalue weighted by molar-refractivity contribution is -0.114. The van der Waals surface area contributed by atoms with Gasteiger partial charge < -0.3 is 20.5 Å². The van der Waals surface area contributed by atoms with Crippen LogP contribution in [0.4, 0.5) is 11.4 Å². The summed E-state index contributed by atoms with van der Waals surface area (Å²) in [6, 6.07) is 35.0. The summed E-state index contributed by atoms with van der Waals surface area (Å²) in [5.41, 5.74) is 4.33. The average Bonchev–Trinajstić information content (AvgIpc) is 3.42. The van der Waals surface area contributed by atoms with E-state index in [0.717, 1.165) is 38.9 Å². The molecule has 1 heterocycles. The number of hydrogen-bond donors (Lipinski definition) is 3. The molecule has 0 fully saturated rings. The third kappa shape index (κ3) is 7.42. The molecule has 0 saturated heterocycles. The van der Waals surface area contributed by atoms with Gasteiger partial charge in [-0.3, -0.25) is 14.4 Å². The highest BCUT2D eigenvalue weighted by Crippen LogP contribution is 2.31. The lowest BCUT2D eigenvalue weighted by Gasteiger charge is -2.13. The largest absolute Gasteiger partial charge is 0.341 e. The second kappa shape index (κ2) is 14.8. The molecule has 10 heteroatoms. The third-order valence-corrected chi connectivity index (χ3v) is 9.47. The van der Waals surface area contributed by atoms with Gasteiger partial charge in [0, 0.05) is 50.2 Å². The Labute approximate surface area is 291 Å². The monoisotopic (exact) mass is 692 g/mol. The van der Waals surface area contributed by atoms with Crippen molar-refractivity contribution in [2.75, 3.05) is 16.4 Å². The van der Waals surface area contributed by atoms with E-state index < -0.39 is 11.8 Å². The first-order valence-corrected chi connectivity index (χ1v) is 16.9. The van der Waals surface area contributed by atoms with Crippen LogP contribution < -0.4 is 16.0 Å². The molecule has 0 bridgehead atoms. The molecule has 6 aromatic rings. The van der Waals surface area contributed by atoms with Gasteiger partial charge in [0.15, 0.2) is 0 Å². The summed E-state index contributed by atoms with van der Waals surface area (Å²) in [6.45, 7) is 2.97. The van der Waals surface area contributed by atoms with Gasteiger partial charge in [-0.1, -0.05) is 77.8 Å². The number of anilines is 2. The lowest BCUT2D eigenvalue weighted by Crippen LogP contribution is -2.30. The Morgan fingerprint density at radius 1 is 0.750 bits per heavy atom. The molecule has 3 N–H and O–H groups in total. The molecule has 0 atom stereocenters. The van der Waals surface area contributed by atoms with Crippen LogP contribution in [0.5, 0.6) is 0 Å². The maximum Gasteiger partial charge on any atom is 0.272 e. The third-order valence-electron chi connectivity index (χ3n) is 7.64. The first-order valence-electron chi connectivity index (χ1n) is 15.2. The van der Waals surface area contributed by atoms with Crippen LogP contribution >= 0.6 is 35.0 Å². The Kier molecular flexibility index (Phi) is 10.2. The Morgan fingerprint density at radius 3 is 2.29 bits per heavy atom. The predicted octanol–water partition coefficient (Wildman–Crippen LogP) is 9.26. The standard InChI is InChI=1S/C38H30Cl2N4O3S/c1-2-44-33-17-7-6-15-29(33)30-22-27(18-19-34(30)44)41-35(45)23-48-28-14-9-13-26(21-28)42-38(47)32(20-25-12-8-16-31(39)36(25)40)43-37(46)24-10-4-3-5-11-24/h3-22H,2,23H2,1H3,(H,41,45)(H,42,47)(H,43,46)/b32-20+. The summed E-state index contributed by atoms with van der Waals surface area (Å²) in [7, 11) is 0. The zero-order chi connectivity index (χ0) is 33.6. The molecule has 0 aliphatic heterocycles. The van der Waals surface area contributed by atoms with E-state index in [9.17, 15) is 14.4 Å². The number of aryl methyl sites for hydroxylation is 1. The number of fused-ring (bicyclic) bond motifs is 3. The highest BCUT2D eigenvalue weighted by molar-refractivity contribution is 8.00. The molecule has 7 nitrogen and oxygen atoms in total. The van der Waals surface area contributed by atoms with Gasteiger partial charge in [0.25, 0.3) is 11.8 Å². The summed E-state index contributed by atoms with van der Waals surface area (Å²) in [4.78, 5) is 40.3. The molecule has 0 aliphatic carbocycles. The Bertz CT molecular complexity index is 2200. The van der Waals surface area contributed by atoms with Crippen LogP contribution in [-0.2, 0) is 16.1 Å². The molecule has 0 aliphatic rings. The predicted molar refractivity (Wildman–Crippen MR) is 198 cm³/mol. The molecular weight excluding hydrogens is 663 g/mol. The van der Waals surface area contributed by atoms with Crippen molar-refractivity contribution < 1.29 is 14.4 Å². The molecule has 240 valence electrons. The molecule has 1 aromatic heterocycles. The number of aromatic nitrogens is 1. The van der Waals surface area contributed by atoms with Crippen LogP contribution in [0.3, 0.4) is 0 Å². The number of hydrogen-bond acceptors (Lipinski definition) is 4. The maximum absolute atomic E-state index is 13.5. The minimum absolute atomic E-state index is 0.0236. The van der Waals surface area contributed by atoms with Crippen molar-refractivity contribution in [3.63, 3.8) is 0 Å². The van der Waals surface area contributed by atoms with Crippen LogP contribution in [-0.4, -0.2) is 28.0 Å². The van der Waals surface area contributed by atoms with Crippen molar-refractivity contribution >= 4 is 91.9 Å². The van der Waals surface area contributed by atoms with E-state index in [1.165, 1.54) is 17.8 Å². The number of nitrogens with zero attached hydrogens (tertiary/aromatic N) is 1. The van der Waals surface area contributed by atoms with Gasteiger partial charge in [-0.2, -0.15) is 0 Å². The van der Waals surface area contributed by atoms with Gasteiger partial charge in [0.2, 0.25) is 5.91 Å². The summed E-state index contributed by atoms with van der Waals surface area (Å²) in [6.07, 6.45) is 1.48. The normalized spacial score (nSPS) is 11.4. The van der Waals surface area contributed by atoms with Crippen molar-refractivity contribution in [1.82, 2.24) is 9.88 Å². The van der Waals surface area contributed by atoms with Gasteiger partial charge in [0.05, 0.1) is 15.8 Å². The Hall–Kier alpha value is -5.02. The van der Waals surface area contributed by atoms with Crippen molar-refractivity contribution in [1.29, 1.82) is 0 Å². The summed E-state index contributed by atoms with van der Waals surface area (Å²) in [5.74, 6) is -1.01. The maximum atomic E-state index is 13.5. The van der Waals surface area contributed by atoms with Crippen molar-refractivity contribution in [3.8, 4) is 0 Å². The number of halogens is 2. The number of nitrogens with one attached hydrogen (secondary N) is 3. The number of carbonyl (C=O) groups is 3. The van der Waals surface area contributed by atoms with Gasteiger partial charge in [-0.25, -0.2) is 0 Å². The number of amides is 3. The topological polar surface area (TPSA) is 92.2 Å². The summed E-state index contributed by atoms with van der Waals surface area (Å²) < 4.78 is 2.26. The molecule has 6 rings (SSSR count). The fraction of sp³-hybridized carbons (Fsp3) is 0.0789. The minimum Gasteiger partial charge on any atom is -0.341 e. The van der Waals surface area contributed by atoms with Crippen molar-refractivity contribution in [2.24, 2.45) is 0 Å². The van der Waals surface area contributed by atoms with Crippen LogP contribution in [0.1, 0.15) is 22.8 Å². The molecule has 48 heavy (non-hydrogen) atoms. The van der Waals surface area contributed by atoms with Crippen LogP contribution in [0, 0.1) is 0 Å². The number of thioether (sulfide) groups is 1. The second-order valence-corrected chi connectivity index (χ2v) is 12.7. The van der Waals surface area contributed by atoms with Crippen LogP contribution in [0.2, 0.25) is 10.0 Å². The van der Waals surface area contributed by atoms with Gasteiger partial charge in [0.1, 0.15) is 5.70 Å². The first kappa shape index (κ1) is 32.9. The van der Waals surface area contributed by atoms with Crippen molar-refractivity contribution in [2.45, 2.75) is 18.4 Å². The molecule has 0 spiro atoms. The second-order valence-electron chi connectivity index (χ2n) is 10.8.